The minimum absolute atomic E-state index is 0.132. The van der Waals surface area contributed by atoms with Gasteiger partial charge in [-0.05, 0) is 35.0 Å². The molecule has 1 heterocycles. The van der Waals surface area contributed by atoms with Crippen LogP contribution in [0.2, 0.25) is 0 Å². The van der Waals surface area contributed by atoms with E-state index in [4.69, 9.17) is 9.47 Å². The van der Waals surface area contributed by atoms with Gasteiger partial charge in [-0.1, -0.05) is 42.5 Å². The molecule has 6 heteroatoms. The zero-order valence-electron chi connectivity index (χ0n) is 15.4. The van der Waals surface area contributed by atoms with E-state index in [0.29, 0.717) is 17.2 Å². The van der Waals surface area contributed by atoms with Gasteiger partial charge < -0.3 is 19.7 Å². The number of hydrogen-bond donors (Lipinski definition) is 1. The fourth-order valence-electron chi connectivity index (χ4n) is 3.25. The molecule has 28 heavy (non-hydrogen) atoms. The average molecular weight is 376 g/mol. The van der Waals surface area contributed by atoms with Crippen LogP contribution in [0.15, 0.2) is 66.7 Å². The molecular weight excluding hydrogens is 356 g/mol. The SMILES string of the molecule is CNC(=O)[C@H]1CN(C(=O)COc2ccc3ccccc3c2)c2ccccc2O1. The van der Waals surface area contributed by atoms with Crippen LogP contribution in [0.25, 0.3) is 10.8 Å². The molecule has 3 aromatic carbocycles. The second kappa shape index (κ2) is 7.60. The molecule has 3 aromatic rings. The van der Waals surface area contributed by atoms with Gasteiger partial charge in [0.15, 0.2) is 12.7 Å². The van der Waals surface area contributed by atoms with Gasteiger partial charge in [0, 0.05) is 7.05 Å². The van der Waals surface area contributed by atoms with Gasteiger partial charge in [0.05, 0.1) is 12.2 Å². The molecule has 0 saturated carbocycles. The quantitative estimate of drug-likeness (QED) is 0.760. The number of fused-ring (bicyclic) bond motifs is 2. The highest BCUT2D eigenvalue weighted by atomic mass is 16.5. The van der Waals surface area contributed by atoms with E-state index in [2.05, 4.69) is 5.32 Å². The third kappa shape index (κ3) is 3.49. The topological polar surface area (TPSA) is 67.9 Å². The van der Waals surface area contributed by atoms with Gasteiger partial charge in [-0.3, -0.25) is 9.59 Å². The Morgan fingerprint density at radius 3 is 2.64 bits per heavy atom. The number of likely N-dealkylation sites (N-methyl/N-ethyl adjacent to an activating group) is 1. The molecular formula is C22H20N2O4. The average Bonchev–Trinajstić information content (AvgIpc) is 2.75. The number of carbonyl (C=O) groups excluding carboxylic acids is 2. The molecule has 0 aliphatic carbocycles. The van der Waals surface area contributed by atoms with Crippen molar-refractivity contribution < 1.29 is 19.1 Å². The van der Waals surface area contributed by atoms with Crippen molar-refractivity contribution in [3.63, 3.8) is 0 Å². The Kier molecular flexibility index (Phi) is 4.85. The molecule has 6 nitrogen and oxygen atoms in total. The molecule has 1 atom stereocenters. The zero-order valence-corrected chi connectivity index (χ0v) is 15.4. The van der Waals surface area contributed by atoms with Gasteiger partial charge in [-0.25, -0.2) is 0 Å². The summed E-state index contributed by atoms with van der Waals surface area (Å²) in [6.45, 7) is 0.00371. The fraction of sp³-hybridized carbons (Fsp3) is 0.182. The van der Waals surface area contributed by atoms with Gasteiger partial charge in [-0.2, -0.15) is 0 Å². The van der Waals surface area contributed by atoms with Crippen molar-refractivity contribution in [1.82, 2.24) is 5.32 Å². The first-order chi connectivity index (χ1) is 13.7. The van der Waals surface area contributed by atoms with Gasteiger partial charge in [0.2, 0.25) is 0 Å². The van der Waals surface area contributed by atoms with E-state index in [1.54, 1.807) is 30.1 Å². The monoisotopic (exact) mass is 376 g/mol. The highest BCUT2D eigenvalue weighted by Gasteiger charge is 2.33. The van der Waals surface area contributed by atoms with E-state index in [-0.39, 0.29) is 25.0 Å². The molecule has 0 spiro atoms. The molecule has 142 valence electrons. The standard InChI is InChI=1S/C22H20N2O4/c1-23-22(26)20-13-24(18-8-4-5-9-19(18)28-20)21(25)14-27-17-11-10-15-6-2-3-7-16(15)12-17/h2-12,20H,13-14H2,1H3,(H,23,26)/t20-/m1/s1. The third-order valence-corrected chi connectivity index (χ3v) is 4.70. The van der Waals surface area contributed by atoms with E-state index >= 15 is 0 Å². The molecule has 0 radical (unpaired) electrons. The number of anilines is 1. The molecule has 1 N–H and O–H groups in total. The Morgan fingerprint density at radius 1 is 1.07 bits per heavy atom. The molecule has 0 aromatic heterocycles. The lowest BCUT2D eigenvalue weighted by Gasteiger charge is -2.33. The van der Waals surface area contributed by atoms with E-state index in [0.717, 1.165) is 10.8 Å². The van der Waals surface area contributed by atoms with Gasteiger partial charge in [0.1, 0.15) is 11.5 Å². The number of nitrogens with zero attached hydrogens (tertiary/aromatic N) is 1. The lowest BCUT2D eigenvalue weighted by Crippen LogP contribution is -2.51. The first kappa shape index (κ1) is 17.9. The van der Waals surface area contributed by atoms with Crippen LogP contribution in [0.5, 0.6) is 11.5 Å². The summed E-state index contributed by atoms with van der Waals surface area (Å²) in [7, 11) is 1.54. The summed E-state index contributed by atoms with van der Waals surface area (Å²) in [5.41, 5.74) is 0.634. The van der Waals surface area contributed by atoms with E-state index in [1.165, 1.54) is 0 Å². The van der Waals surface area contributed by atoms with Crippen molar-refractivity contribution in [2.45, 2.75) is 6.10 Å². The van der Waals surface area contributed by atoms with Crippen molar-refractivity contribution in [2.75, 3.05) is 25.1 Å². The second-order valence-electron chi connectivity index (χ2n) is 6.49. The number of benzene rings is 3. The van der Waals surface area contributed by atoms with Crippen LogP contribution in [0, 0.1) is 0 Å². The number of rotatable bonds is 4. The van der Waals surface area contributed by atoms with Crippen molar-refractivity contribution in [3.05, 3.63) is 66.7 Å². The highest BCUT2D eigenvalue weighted by Crippen LogP contribution is 2.33. The number of carbonyl (C=O) groups is 2. The number of para-hydroxylation sites is 2. The minimum atomic E-state index is -0.760. The van der Waals surface area contributed by atoms with Gasteiger partial charge in [-0.15, -0.1) is 0 Å². The number of ether oxygens (including phenoxy) is 2. The largest absolute Gasteiger partial charge is 0.484 e. The van der Waals surface area contributed by atoms with Crippen molar-refractivity contribution >= 4 is 28.3 Å². The van der Waals surface area contributed by atoms with Crippen LogP contribution in [-0.2, 0) is 9.59 Å². The first-order valence-electron chi connectivity index (χ1n) is 9.05. The fourth-order valence-corrected chi connectivity index (χ4v) is 3.25. The predicted molar refractivity (Wildman–Crippen MR) is 107 cm³/mol. The summed E-state index contributed by atoms with van der Waals surface area (Å²) in [5.74, 6) is 0.610. The summed E-state index contributed by atoms with van der Waals surface area (Å²) < 4.78 is 11.5. The molecule has 1 aliphatic heterocycles. The Hall–Kier alpha value is -3.54. The van der Waals surface area contributed by atoms with Crippen LogP contribution < -0.4 is 19.7 Å². The second-order valence-corrected chi connectivity index (χ2v) is 6.49. The molecule has 1 aliphatic rings. The highest BCUT2D eigenvalue weighted by molar-refractivity contribution is 5.98. The molecule has 2 amide bonds. The molecule has 0 fully saturated rings. The Balaban J connectivity index is 1.52. The maximum absolute atomic E-state index is 12.9. The molecule has 4 rings (SSSR count). The zero-order chi connectivity index (χ0) is 19.5. The predicted octanol–water partition coefficient (Wildman–Crippen LogP) is 2.76. The summed E-state index contributed by atoms with van der Waals surface area (Å²) in [5, 5.41) is 4.72. The smallest absolute Gasteiger partial charge is 0.265 e. The summed E-state index contributed by atoms with van der Waals surface area (Å²) >= 11 is 0. The Labute approximate surface area is 162 Å². The maximum Gasteiger partial charge on any atom is 0.265 e. The van der Waals surface area contributed by atoms with Crippen LogP contribution in [0.1, 0.15) is 0 Å². The first-order valence-corrected chi connectivity index (χ1v) is 9.05. The molecule has 0 saturated heterocycles. The van der Waals surface area contributed by atoms with Gasteiger partial charge >= 0.3 is 0 Å². The molecule has 0 bridgehead atoms. The van der Waals surface area contributed by atoms with Crippen LogP contribution in [-0.4, -0.2) is 38.1 Å². The number of nitrogens with one attached hydrogen (secondary N) is 1. The van der Waals surface area contributed by atoms with E-state index in [9.17, 15) is 9.59 Å². The maximum atomic E-state index is 12.9. The lowest BCUT2D eigenvalue weighted by molar-refractivity contribution is -0.128. The normalized spacial score (nSPS) is 15.5. The van der Waals surface area contributed by atoms with E-state index in [1.807, 2.05) is 48.5 Å². The lowest BCUT2D eigenvalue weighted by atomic mass is 10.1. The third-order valence-electron chi connectivity index (χ3n) is 4.70. The Morgan fingerprint density at radius 2 is 1.82 bits per heavy atom. The van der Waals surface area contributed by atoms with Crippen LogP contribution >= 0.6 is 0 Å². The van der Waals surface area contributed by atoms with Crippen molar-refractivity contribution in [1.29, 1.82) is 0 Å². The summed E-state index contributed by atoms with van der Waals surface area (Å²) in [6.07, 6.45) is -0.760. The van der Waals surface area contributed by atoms with Crippen LogP contribution in [0.4, 0.5) is 5.69 Å². The summed E-state index contributed by atoms with van der Waals surface area (Å²) in [4.78, 5) is 26.5. The minimum Gasteiger partial charge on any atom is -0.484 e. The number of hydrogen-bond acceptors (Lipinski definition) is 4. The number of amides is 2. The Bertz CT molecular complexity index is 1030. The van der Waals surface area contributed by atoms with Crippen molar-refractivity contribution in [2.24, 2.45) is 0 Å². The molecule has 0 unspecified atom stereocenters. The summed E-state index contributed by atoms with van der Waals surface area (Å²) in [6, 6.07) is 20.8. The van der Waals surface area contributed by atoms with Gasteiger partial charge in [0.25, 0.3) is 11.8 Å². The van der Waals surface area contributed by atoms with Crippen LogP contribution in [0.3, 0.4) is 0 Å². The van der Waals surface area contributed by atoms with Crippen molar-refractivity contribution in [3.8, 4) is 11.5 Å². The van der Waals surface area contributed by atoms with E-state index < -0.39 is 6.10 Å².